The summed E-state index contributed by atoms with van der Waals surface area (Å²) in [5.74, 6) is 0. The summed E-state index contributed by atoms with van der Waals surface area (Å²) >= 11 is 0. The van der Waals surface area contributed by atoms with Gasteiger partial charge in [-0.1, -0.05) is 0 Å². The van der Waals surface area contributed by atoms with Crippen molar-refractivity contribution in [1.82, 2.24) is 20.1 Å². The van der Waals surface area contributed by atoms with Gasteiger partial charge < -0.3 is 20.1 Å². The van der Waals surface area contributed by atoms with E-state index >= 15 is 0 Å². The lowest BCUT2D eigenvalue weighted by atomic mass is 10.2. The molecule has 0 spiro atoms. The van der Waals surface area contributed by atoms with Crippen molar-refractivity contribution in [2.24, 2.45) is 0 Å². The molecule has 88 valence electrons. The number of likely N-dealkylation sites (N-methyl/N-ethyl adjacent to an activating group) is 2. The molecule has 2 amide bonds. The van der Waals surface area contributed by atoms with Crippen molar-refractivity contribution < 1.29 is 4.79 Å². The van der Waals surface area contributed by atoms with Crippen molar-refractivity contribution >= 4 is 6.03 Å². The Balaban J connectivity index is 2.05. The van der Waals surface area contributed by atoms with Crippen LogP contribution in [0.5, 0.6) is 0 Å². The van der Waals surface area contributed by atoms with Gasteiger partial charge in [-0.25, -0.2) is 4.79 Å². The minimum Gasteiger partial charge on any atom is -0.363 e. The first-order chi connectivity index (χ1) is 7.74. The Morgan fingerprint density at radius 1 is 1.62 bits per heavy atom. The molecule has 1 unspecified atom stereocenters. The molecule has 0 radical (unpaired) electrons. The SMILES string of the molecule is CNCCN1CC(c2ccc[nH]2)N(C)C1=O. The molecule has 1 atom stereocenters. The third-order valence-corrected chi connectivity index (χ3v) is 3.05. The number of hydrogen-bond donors (Lipinski definition) is 2. The van der Waals surface area contributed by atoms with Crippen LogP contribution in [-0.2, 0) is 0 Å². The zero-order valence-electron chi connectivity index (χ0n) is 9.73. The van der Waals surface area contributed by atoms with Crippen LogP contribution >= 0.6 is 0 Å². The Labute approximate surface area is 95.4 Å². The van der Waals surface area contributed by atoms with Crippen LogP contribution in [0.4, 0.5) is 4.79 Å². The fourth-order valence-electron chi connectivity index (χ4n) is 2.06. The van der Waals surface area contributed by atoms with Gasteiger partial charge in [-0.3, -0.25) is 0 Å². The molecule has 2 heterocycles. The molecule has 0 aromatic carbocycles. The minimum absolute atomic E-state index is 0.106. The van der Waals surface area contributed by atoms with E-state index in [0.29, 0.717) is 0 Å². The summed E-state index contributed by atoms with van der Waals surface area (Å²) in [5, 5.41) is 3.06. The third-order valence-electron chi connectivity index (χ3n) is 3.05. The second kappa shape index (κ2) is 4.57. The van der Waals surface area contributed by atoms with E-state index in [9.17, 15) is 4.79 Å². The van der Waals surface area contributed by atoms with Crippen LogP contribution in [0.15, 0.2) is 18.3 Å². The fraction of sp³-hybridized carbons (Fsp3) is 0.545. The maximum Gasteiger partial charge on any atom is 0.320 e. The number of aromatic nitrogens is 1. The zero-order chi connectivity index (χ0) is 11.5. The van der Waals surface area contributed by atoms with Crippen molar-refractivity contribution in [3.05, 3.63) is 24.0 Å². The van der Waals surface area contributed by atoms with Crippen LogP contribution in [0.3, 0.4) is 0 Å². The average molecular weight is 222 g/mol. The van der Waals surface area contributed by atoms with Crippen molar-refractivity contribution in [3.63, 3.8) is 0 Å². The highest BCUT2D eigenvalue weighted by Gasteiger charge is 2.35. The fourth-order valence-corrected chi connectivity index (χ4v) is 2.06. The largest absolute Gasteiger partial charge is 0.363 e. The maximum atomic E-state index is 11.9. The van der Waals surface area contributed by atoms with E-state index in [2.05, 4.69) is 10.3 Å². The molecule has 2 rings (SSSR count). The van der Waals surface area contributed by atoms with E-state index in [0.717, 1.165) is 25.3 Å². The van der Waals surface area contributed by atoms with E-state index in [1.807, 2.05) is 37.3 Å². The normalized spacial score (nSPS) is 20.9. The minimum atomic E-state index is 0.106. The molecular formula is C11H18N4O. The molecule has 1 saturated heterocycles. The van der Waals surface area contributed by atoms with Crippen LogP contribution < -0.4 is 5.32 Å². The monoisotopic (exact) mass is 222 g/mol. The first kappa shape index (κ1) is 11.0. The van der Waals surface area contributed by atoms with Gasteiger partial charge in [0.25, 0.3) is 0 Å². The second-order valence-electron chi connectivity index (χ2n) is 4.08. The van der Waals surface area contributed by atoms with Crippen LogP contribution in [0.1, 0.15) is 11.7 Å². The summed E-state index contributed by atoms with van der Waals surface area (Å²) in [6.45, 7) is 2.35. The smallest absolute Gasteiger partial charge is 0.320 e. The number of hydrogen-bond acceptors (Lipinski definition) is 2. The first-order valence-electron chi connectivity index (χ1n) is 5.53. The number of carbonyl (C=O) groups excluding carboxylic acids is 1. The van der Waals surface area contributed by atoms with Gasteiger partial charge in [-0.05, 0) is 19.2 Å². The molecule has 0 aliphatic carbocycles. The van der Waals surface area contributed by atoms with Gasteiger partial charge in [-0.2, -0.15) is 0 Å². The number of aromatic amines is 1. The lowest BCUT2D eigenvalue weighted by molar-refractivity contribution is 0.195. The molecule has 1 aromatic heterocycles. The third kappa shape index (κ3) is 1.90. The summed E-state index contributed by atoms with van der Waals surface area (Å²) in [4.78, 5) is 18.8. The molecule has 16 heavy (non-hydrogen) atoms. The molecule has 0 bridgehead atoms. The first-order valence-corrected chi connectivity index (χ1v) is 5.53. The van der Waals surface area contributed by atoms with Crippen LogP contribution in [-0.4, -0.2) is 54.5 Å². The number of carbonyl (C=O) groups is 1. The highest BCUT2D eigenvalue weighted by atomic mass is 16.2. The van der Waals surface area contributed by atoms with Gasteiger partial charge in [0.05, 0.1) is 6.04 Å². The highest BCUT2D eigenvalue weighted by Crippen LogP contribution is 2.26. The number of nitrogens with zero attached hydrogens (tertiary/aromatic N) is 2. The summed E-state index contributed by atoms with van der Waals surface area (Å²) in [5.41, 5.74) is 1.10. The lowest BCUT2D eigenvalue weighted by Crippen LogP contribution is -2.34. The van der Waals surface area contributed by atoms with Gasteiger partial charge in [-0.15, -0.1) is 0 Å². The predicted molar refractivity (Wildman–Crippen MR) is 62.2 cm³/mol. The number of rotatable bonds is 4. The maximum absolute atomic E-state index is 11.9. The van der Waals surface area contributed by atoms with Crippen LogP contribution in [0.25, 0.3) is 0 Å². The quantitative estimate of drug-likeness (QED) is 0.785. The second-order valence-corrected chi connectivity index (χ2v) is 4.08. The van der Waals surface area contributed by atoms with Crippen molar-refractivity contribution in [1.29, 1.82) is 0 Å². The Kier molecular flexibility index (Phi) is 3.14. The van der Waals surface area contributed by atoms with E-state index < -0.39 is 0 Å². The Bertz CT molecular complexity index is 349. The summed E-state index contributed by atoms with van der Waals surface area (Å²) < 4.78 is 0. The highest BCUT2D eigenvalue weighted by molar-refractivity contribution is 5.77. The molecule has 1 aliphatic rings. The van der Waals surface area contributed by atoms with Crippen molar-refractivity contribution in [3.8, 4) is 0 Å². The van der Waals surface area contributed by atoms with Crippen molar-refractivity contribution in [2.45, 2.75) is 6.04 Å². The molecular weight excluding hydrogens is 204 g/mol. The Hall–Kier alpha value is -1.49. The van der Waals surface area contributed by atoms with E-state index in [1.165, 1.54) is 0 Å². The van der Waals surface area contributed by atoms with E-state index in [-0.39, 0.29) is 12.1 Å². The standard InChI is InChI=1S/C11H18N4O/c1-12-6-7-15-8-10(14(2)11(15)16)9-4-3-5-13-9/h3-5,10,12-13H,6-8H2,1-2H3. The number of amides is 2. The lowest BCUT2D eigenvalue weighted by Gasteiger charge is -2.16. The Morgan fingerprint density at radius 2 is 2.44 bits per heavy atom. The predicted octanol–water partition coefficient (Wildman–Crippen LogP) is 0.643. The average Bonchev–Trinajstić information content (AvgIpc) is 2.88. The van der Waals surface area contributed by atoms with Gasteiger partial charge in [0.1, 0.15) is 0 Å². The summed E-state index contributed by atoms with van der Waals surface area (Å²) in [7, 11) is 3.75. The van der Waals surface area contributed by atoms with E-state index in [1.54, 1.807) is 4.90 Å². The van der Waals surface area contributed by atoms with Crippen LogP contribution in [0, 0.1) is 0 Å². The molecule has 1 aliphatic heterocycles. The summed E-state index contributed by atoms with van der Waals surface area (Å²) in [6, 6.07) is 4.24. The number of H-pyrrole nitrogens is 1. The molecule has 0 saturated carbocycles. The van der Waals surface area contributed by atoms with Gasteiger partial charge in [0.2, 0.25) is 0 Å². The molecule has 5 heteroatoms. The topological polar surface area (TPSA) is 51.4 Å². The van der Waals surface area contributed by atoms with Crippen LogP contribution in [0.2, 0.25) is 0 Å². The van der Waals surface area contributed by atoms with E-state index in [4.69, 9.17) is 0 Å². The molecule has 5 nitrogen and oxygen atoms in total. The molecule has 2 N–H and O–H groups in total. The van der Waals surface area contributed by atoms with Crippen molar-refractivity contribution in [2.75, 3.05) is 33.7 Å². The van der Waals surface area contributed by atoms with Gasteiger partial charge >= 0.3 is 6.03 Å². The Morgan fingerprint density at radius 3 is 3.06 bits per heavy atom. The summed E-state index contributed by atoms with van der Waals surface area (Å²) in [6.07, 6.45) is 1.89. The van der Waals surface area contributed by atoms with Gasteiger partial charge in [0.15, 0.2) is 0 Å². The molecule has 1 fully saturated rings. The molecule has 1 aromatic rings. The number of nitrogens with one attached hydrogen (secondary N) is 2. The van der Waals surface area contributed by atoms with Gasteiger partial charge in [0, 0.05) is 38.6 Å². The zero-order valence-corrected chi connectivity index (χ0v) is 9.73. The number of urea groups is 1.